The molecular weight excluding hydrogens is 444 g/mol. The van der Waals surface area contributed by atoms with E-state index in [1.807, 2.05) is 49.4 Å². The summed E-state index contributed by atoms with van der Waals surface area (Å²) in [4.78, 5) is 0. The number of rotatable bonds is 8. The second-order valence-corrected chi connectivity index (χ2v) is 8.24. The fourth-order valence-electron chi connectivity index (χ4n) is 4.63. The predicted molar refractivity (Wildman–Crippen MR) is 137 cm³/mol. The van der Waals surface area contributed by atoms with Crippen LogP contribution in [-0.2, 0) is 6.42 Å². The van der Waals surface area contributed by atoms with Crippen LogP contribution in [0.3, 0.4) is 0 Å². The molecule has 1 heterocycles. The third-order valence-electron chi connectivity index (χ3n) is 6.41. The third-order valence-corrected chi connectivity index (χ3v) is 6.41. The van der Waals surface area contributed by atoms with Gasteiger partial charge in [0.15, 0.2) is 0 Å². The number of ether oxygens (including phenoxy) is 6. The van der Waals surface area contributed by atoms with Gasteiger partial charge in [0.05, 0.1) is 46.7 Å². The topological polar surface area (TPSA) is 55.4 Å². The quantitative estimate of drug-likeness (QED) is 0.357. The Morgan fingerprint density at radius 3 is 1.97 bits per heavy atom. The van der Waals surface area contributed by atoms with Crippen LogP contribution in [-0.4, -0.2) is 35.5 Å². The lowest BCUT2D eigenvalue weighted by Crippen LogP contribution is -2.17. The van der Waals surface area contributed by atoms with Crippen LogP contribution in [0.5, 0.6) is 34.5 Å². The fraction of sp³-hybridized carbons (Fsp3) is 0.310. The Labute approximate surface area is 207 Å². The zero-order valence-corrected chi connectivity index (χ0v) is 21.1. The van der Waals surface area contributed by atoms with Crippen molar-refractivity contribution in [1.82, 2.24) is 0 Å². The molecule has 0 aromatic heterocycles. The van der Waals surface area contributed by atoms with Crippen molar-refractivity contribution in [2.24, 2.45) is 0 Å². The van der Waals surface area contributed by atoms with Gasteiger partial charge in [0.2, 0.25) is 0 Å². The molecule has 4 rings (SSSR count). The third kappa shape index (κ3) is 4.61. The van der Waals surface area contributed by atoms with Crippen molar-refractivity contribution in [3.05, 3.63) is 70.3 Å². The molecule has 35 heavy (non-hydrogen) atoms. The SMILES string of the molecule is COc1cc(OC)c(C=Cc2c(OC)cc(OC)c3c2OC(c2ccccc2)CC3)c(OC)c1C. The largest absolute Gasteiger partial charge is 0.496 e. The Balaban J connectivity index is 1.85. The van der Waals surface area contributed by atoms with Crippen LogP contribution in [0.1, 0.15) is 40.3 Å². The first kappa shape index (κ1) is 24.3. The smallest absolute Gasteiger partial charge is 0.138 e. The van der Waals surface area contributed by atoms with Gasteiger partial charge in [0.25, 0.3) is 0 Å². The van der Waals surface area contributed by atoms with Crippen LogP contribution in [0.4, 0.5) is 0 Å². The Bertz CT molecular complexity index is 1220. The average Bonchev–Trinajstić information content (AvgIpc) is 2.91. The lowest BCUT2D eigenvalue weighted by Gasteiger charge is -2.30. The first-order valence-electron chi connectivity index (χ1n) is 11.5. The molecule has 0 spiro atoms. The summed E-state index contributed by atoms with van der Waals surface area (Å²) in [7, 11) is 8.22. The standard InChI is InChI=1S/C29H32O6/c1-18-24(30-2)16-25(31-3)20(28(18)34-6)12-13-21-26(32-4)17-27(33-5)22-14-15-23(35-29(21)22)19-10-8-7-9-11-19/h7-13,16-17,23H,14-15H2,1-6H3. The highest BCUT2D eigenvalue weighted by molar-refractivity contribution is 5.83. The van der Waals surface area contributed by atoms with E-state index < -0.39 is 0 Å². The summed E-state index contributed by atoms with van der Waals surface area (Å²) >= 11 is 0. The molecule has 3 aromatic rings. The molecule has 0 bridgehead atoms. The molecule has 0 saturated carbocycles. The van der Waals surface area contributed by atoms with Gasteiger partial charge < -0.3 is 28.4 Å². The summed E-state index contributed by atoms with van der Waals surface area (Å²) < 4.78 is 35.0. The van der Waals surface area contributed by atoms with E-state index >= 15 is 0 Å². The minimum absolute atomic E-state index is 0.0556. The number of benzene rings is 3. The molecule has 1 atom stereocenters. The van der Waals surface area contributed by atoms with Crippen molar-refractivity contribution in [1.29, 1.82) is 0 Å². The molecular formula is C29H32O6. The van der Waals surface area contributed by atoms with Gasteiger partial charge in [0, 0.05) is 23.3 Å². The van der Waals surface area contributed by atoms with Crippen molar-refractivity contribution >= 4 is 12.2 Å². The van der Waals surface area contributed by atoms with E-state index in [4.69, 9.17) is 28.4 Å². The van der Waals surface area contributed by atoms with Gasteiger partial charge in [-0.2, -0.15) is 0 Å². The van der Waals surface area contributed by atoms with Crippen LogP contribution < -0.4 is 28.4 Å². The van der Waals surface area contributed by atoms with E-state index in [0.717, 1.165) is 52.2 Å². The molecule has 1 aliphatic heterocycles. The maximum Gasteiger partial charge on any atom is 0.138 e. The van der Waals surface area contributed by atoms with Crippen LogP contribution in [0, 0.1) is 6.92 Å². The fourth-order valence-corrected chi connectivity index (χ4v) is 4.63. The molecule has 0 aliphatic carbocycles. The Morgan fingerprint density at radius 1 is 0.743 bits per heavy atom. The molecule has 6 nitrogen and oxygen atoms in total. The zero-order valence-electron chi connectivity index (χ0n) is 21.1. The van der Waals surface area contributed by atoms with Crippen molar-refractivity contribution in [2.45, 2.75) is 25.9 Å². The van der Waals surface area contributed by atoms with Crippen molar-refractivity contribution in [3.63, 3.8) is 0 Å². The summed E-state index contributed by atoms with van der Waals surface area (Å²) in [5.74, 6) is 4.21. The van der Waals surface area contributed by atoms with Crippen molar-refractivity contribution in [2.75, 3.05) is 35.5 Å². The normalized spacial score (nSPS) is 14.7. The summed E-state index contributed by atoms with van der Waals surface area (Å²) in [5.41, 5.74) is 4.70. The van der Waals surface area contributed by atoms with E-state index in [2.05, 4.69) is 12.1 Å². The minimum atomic E-state index is -0.0556. The van der Waals surface area contributed by atoms with Crippen molar-refractivity contribution < 1.29 is 28.4 Å². The predicted octanol–water partition coefficient (Wildman–Crippen LogP) is 6.27. The highest BCUT2D eigenvalue weighted by atomic mass is 16.5. The molecule has 1 unspecified atom stereocenters. The molecule has 0 radical (unpaired) electrons. The number of hydrogen-bond acceptors (Lipinski definition) is 6. The highest BCUT2D eigenvalue weighted by Crippen LogP contribution is 2.47. The van der Waals surface area contributed by atoms with E-state index in [1.165, 1.54) is 0 Å². The number of methoxy groups -OCH3 is 5. The lowest BCUT2D eigenvalue weighted by molar-refractivity contribution is 0.173. The first-order chi connectivity index (χ1) is 17.1. The van der Waals surface area contributed by atoms with Crippen molar-refractivity contribution in [3.8, 4) is 34.5 Å². The van der Waals surface area contributed by atoms with Gasteiger partial charge in [-0.3, -0.25) is 0 Å². The molecule has 6 heteroatoms. The summed E-state index contributed by atoms with van der Waals surface area (Å²) in [6, 6.07) is 14.0. The van der Waals surface area contributed by atoms with Gasteiger partial charge in [-0.25, -0.2) is 0 Å². The van der Waals surface area contributed by atoms with E-state index in [1.54, 1.807) is 35.5 Å². The molecule has 0 fully saturated rings. The molecule has 0 amide bonds. The second-order valence-electron chi connectivity index (χ2n) is 8.24. The van der Waals surface area contributed by atoms with Gasteiger partial charge in [-0.1, -0.05) is 30.3 Å². The van der Waals surface area contributed by atoms with E-state index in [-0.39, 0.29) is 6.10 Å². The Kier molecular flexibility index (Phi) is 7.39. The van der Waals surface area contributed by atoms with Crippen LogP contribution in [0.25, 0.3) is 12.2 Å². The number of fused-ring (bicyclic) bond motifs is 1. The maximum absolute atomic E-state index is 6.60. The van der Waals surface area contributed by atoms with Gasteiger partial charge in [-0.15, -0.1) is 0 Å². The molecule has 0 N–H and O–H groups in total. The zero-order chi connectivity index (χ0) is 24.9. The Hall–Kier alpha value is -3.80. The summed E-state index contributed by atoms with van der Waals surface area (Å²) in [6.07, 6.45) is 5.58. The second kappa shape index (κ2) is 10.6. The molecule has 0 saturated heterocycles. The van der Waals surface area contributed by atoms with Gasteiger partial charge in [0.1, 0.15) is 40.6 Å². The van der Waals surface area contributed by atoms with Crippen LogP contribution in [0.2, 0.25) is 0 Å². The minimum Gasteiger partial charge on any atom is -0.496 e. The Morgan fingerprint density at radius 2 is 1.34 bits per heavy atom. The first-order valence-corrected chi connectivity index (χ1v) is 11.5. The lowest BCUT2D eigenvalue weighted by atomic mass is 9.94. The highest BCUT2D eigenvalue weighted by Gasteiger charge is 2.28. The monoisotopic (exact) mass is 476 g/mol. The van der Waals surface area contributed by atoms with Gasteiger partial charge in [-0.05, 0) is 37.5 Å². The van der Waals surface area contributed by atoms with Crippen LogP contribution >= 0.6 is 0 Å². The van der Waals surface area contributed by atoms with Gasteiger partial charge >= 0.3 is 0 Å². The number of hydrogen-bond donors (Lipinski definition) is 0. The summed E-state index contributed by atoms with van der Waals surface area (Å²) in [5, 5.41) is 0. The average molecular weight is 477 g/mol. The van der Waals surface area contributed by atoms with Crippen LogP contribution in [0.15, 0.2) is 42.5 Å². The molecule has 1 aliphatic rings. The van der Waals surface area contributed by atoms with E-state index in [0.29, 0.717) is 23.0 Å². The summed E-state index contributed by atoms with van der Waals surface area (Å²) in [6.45, 7) is 1.96. The molecule has 3 aromatic carbocycles. The van der Waals surface area contributed by atoms with E-state index in [9.17, 15) is 0 Å². The molecule has 184 valence electrons. The maximum atomic E-state index is 6.60.